The maximum atomic E-state index is 6.51. The maximum absolute atomic E-state index is 6.51. The number of pyridine rings is 1. The minimum absolute atomic E-state index is 0.261. The summed E-state index contributed by atoms with van der Waals surface area (Å²) in [6.45, 7) is 6.56. The molecule has 0 amide bonds. The first-order valence-corrected chi connectivity index (χ1v) is 11.1. The van der Waals surface area contributed by atoms with E-state index in [0.29, 0.717) is 31.1 Å². The van der Waals surface area contributed by atoms with Gasteiger partial charge in [-0.2, -0.15) is 9.78 Å². The highest BCUT2D eigenvalue weighted by molar-refractivity contribution is 6.00. The molecule has 3 aliphatic heterocycles. The van der Waals surface area contributed by atoms with Crippen LogP contribution in [0.4, 0.5) is 17.3 Å². The number of likely N-dealkylation sites (tertiary alicyclic amines) is 1. The highest BCUT2D eigenvalue weighted by Gasteiger charge is 2.40. The highest BCUT2D eigenvalue weighted by atomic mass is 16.5. The van der Waals surface area contributed by atoms with E-state index in [1.165, 1.54) is 12.8 Å². The van der Waals surface area contributed by atoms with Crippen LogP contribution in [0.2, 0.25) is 0 Å². The Kier molecular flexibility index (Phi) is 4.32. The third kappa shape index (κ3) is 2.96. The Bertz CT molecular complexity index is 1080. The molecule has 0 aliphatic carbocycles. The average molecular weight is 424 g/mol. The van der Waals surface area contributed by atoms with Gasteiger partial charge in [0, 0.05) is 43.9 Å². The molecule has 3 aliphatic rings. The number of ether oxygens (including phenoxy) is 1. The van der Waals surface area contributed by atoms with Crippen LogP contribution >= 0.6 is 0 Å². The summed E-state index contributed by atoms with van der Waals surface area (Å²) < 4.78 is 7.46. The van der Waals surface area contributed by atoms with Gasteiger partial charge in [-0.25, -0.2) is 4.98 Å². The number of hydrogen-bond donors (Lipinski definition) is 2. The second-order valence-corrected chi connectivity index (χ2v) is 9.07. The molecule has 10 nitrogen and oxygen atoms in total. The van der Waals surface area contributed by atoms with Crippen molar-refractivity contribution < 1.29 is 4.74 Å². The lowest BCUT2D eigenvalue weighted by molar-refractivity contribution is 0.0985. The molecule has 0 saturated carbocycles. The second kappa shape index (κ2) is 7.10. The number of rotatable bonds is 3. The van der Waals surface area contributed by atoms with Gasteiger partial charge in [0.1, 0.15) is 5.82 Å². The molecule has 31 heavy (non-hydrogen) atoms. The third-order valence-electron chi connectivity index (χ3n) is 6.95. The summed E-state index contributed by atoms with van der Waals surface area (Å²) in [7, 11) is 2.22. The molecule has 2 unspecified atom stereocenters. The summed E-state index contributed by atoms with van der Waals surface area (Å²) in [4.78, 5) is 12.4. The lowest BCUT2D eigenvalue weighted by atomic mass is 10.1. The number of hydrogen-bond acceptors (Lipinski definition) is 8. The van der Waals surface area contributed by atoms with Crippen LogP contribution in [0.1, 0.15) is 19.8 Å². The number of aromatic amines is 1. The van der Waals surface area contributed by atoms with Crippen LogP contribution in [0.15, 0.2) is 18.3 Å². The molecule has 3 aromatic rings. The summed E-state index contributed by atoms with van der Waals surface area (Å²) in [5.41, 5.74) is 8.43. The number of nitrogen functional groups attached to an aromatic ring is 1. The van der Waals surface area contributed by atoms with Crippen molar-refractivity contribution in [2.24, 2.45) is 0 Å². The highest BCUT2D eigenvalue weighted by Crippen LogP contribution is 2.42. The zero-order valence-corrected chi connectivity index (χ0v) is 18.0. The third-order valence-corrected chi connectivity index (χ3v) is 6.95. The van der Waals surface area contributed by atoms with E-state index in [0.717, 1.165) is 48.0 Å². The molecule has 3 atom stereocenters. The molecule has 3 fully saturated rings. The Morgan fingerprint density at radius 1 is 1.23 bits per heavy atom. The molecular weight excluding hydrogens is 394 g/mol. The van der Waals surface area contributed by atoms with Gasteiger partial charge in [0.05, 0.1) is 36.5 Å². The summed E-state index contributed by atoms with van der Waals surface area (Å²) in [6.07, 6.45) is 4.13. The number of piperazine rings is 1. The first-order valence-electron chi connectivity index (χ1n) is 11.1. The van der Waals surface area contributed by atoms with Gasteiger partial charge in [-0.3, -0.25) is 5.10 Å². The topological polar surface area (TPSA) is 104 Å². The molecular formula is C21H29N9O. The number of nitrogens with zero attached hydrogens (tertiary/aromatic N) is 7. The predicted octanol–water partition coefficient (Wildman–Crippen LogP) is 1.23. The molecule has 2 bridgehead atoms. The quantitative estimate of drug-likeness (QED) is 0.648. The first-order chi connectivity index (χ1) is 15.1. The molecule has 3 aromatic heterocycles. The standard InChI is InChI=1S/C21H29N9O/c1-13-12-31-8-7-28(13)18-9-16(29-14-3-4-15(29)11-27(2)10-14)19-20(22)26-30(21(19)24-18)17-5-6-23-25-17/h5-6,9,13-15H,3-4,7-8,10-12H2,1-2H3,(H2,22,26)(H,23,25)/t13-,14?,15?/m1/s1. The zero-order chi connectivity index (χ0) is 21.1. The van der Waals surface area contributed by atoms with Crippen LogP contribution in [0.3, 0.4) is 0 Å². The number of fused-ring (bicyclic) bond motifs is 3. The van der Waals surface area contributed by atoms with Crippen LogP contribution in [0.5, 0.6) is 0 Å². The number of morpholine rings is 1. The van der Waals surface area contributed by atoms with Crippen molar-refractivity contribution in [1.82, 2.24) is 29.9 Å². The zero-order valence-electron chi connectivity index (χ0n) is 18.0. The van der Waals surface area contributed by atoms with E-state index in [-0.39, 0.29) is 6.04 Å². The Balaban J connectivity index is 1.56. The molecule has 0 radical (unpaired) electrons. The Morgan fingerprint density at radius 2 is 2.03 bits per heavy atom. The van der Waals surface area contributed by atoms with Crippen molar-refractivity contribution in [3.8, 4) is 5.82 Å². The van der Waals surface area contributed by atoms with E-state index < -0.39 is 0 Å². The van der Waals surface area contributed by atoms with Gasteiger partial charge in [-0.05, 0) is 26.8 Å². The molecule has 3 saturated heterocycles. The van der Waals surface area contributed by atoms with Crippen molar-refractivity contribution >= 4 is 28.4 Å². The van der Waals surface area contributed by atoms with E-state index in [4.69, 9.17) is 15.5 Å². The summed E-state index contributed by atoms with van der Waals surface area (Å²) >= 11 is 0. The SMILES string of the molecule is C[C@@H]1COCCN1c1cc(N2C3CCC2CN(C)C3)c2c(N)nn(-c3ccn[nH]3)c2n1. The molecule has 0 aromatic carbocycles. The van der Waals surface area contributed by atoms with Crippen LogP contribution < -0.4 is 15.5 Å². The smallest absolute Gasteiger partial charge is 0.171 e. The van der Waals surface area contributed by atoms with Gasteiger partial charge in [0.25, 0.3) is 0 Å². The fourth-order valence-electron chi connectivity index (χ4n) is 5.57. The number of nitrogens with one attached hydrogen (secondary N) is 1. The number of aromatic nitrogens is 5. The number of likely N-dealkylation sites (N-methyl/N-ethyl adjacent to an activating group) is 1. The first kappa shape index (κ1) is 18.9. The number of nitrogens with two attached hydrogens (primary N) is 1. The molecule has 164 valence electrons. The lowest BCUT2D eigenvalue weighted by Crippen LogP contribution is -2.52. The van der Waals surface area contributed by atoms with Crippen molar-refractivity contribution in [2.45, 2.75) is 37.9 Å². The van der Waals surface area contributed by atoms with Gasteiger partial charge in [0.2, 0.25) is 0 Å². The van der Waals surface area contributed by atoms with Gasteiger partial charge >= 0.3 is 0 Å². The Labute approximate surface area is 180 Å². The predicted molar refractivity (Wildman–Crippen MR) is 120 cm³/mol. The minimum Gasteiger partial charge on any atom is -0.382 e. The van der Waals surface area contributed by atoms with Crippen LogP contribution in [-0.2, 0) is 4.74 Å². The number of H-pyrrole nitrogens is 1. The van der Waals surface area contributed by atoms with E-state index >= 15 is 0 Å². The van der Waals surface area contributed by atoms with Gasteiger partial charge in [-0.15, -0.1) is 5.10 Å². The lowest BCUT2D eigenvalue weighted by Gasteiger charge is -2.42. The summed E-state index contributed by atoms with van der Waals surface area (Å²) in [5, 5.41) is 12.7. The summed E-state index contributed by atoms with van der Waals surface area (Å²) in [6, 6.07) is 5.35. The van der Waals surface area contributed by atoms with Crippen LogP contribution in [0.25, 0.3) is 16.9 Å². The maximum Gasteiger partial charge on any atom is 0.171 e. The van der Waals surface area contributed by atoms with E-state index in [2.05, 4.69) is 50.0 Å². The molecule has 6 heterocycles. The van der Waals surface area contributed by atoms with Gasteiger partial charge in [0.15, 0.2) is 17.3 Å². The Hall–Kier alpha value is -2.85. The average Bonchev–Trinajstić information content (AvgIpc) is 3.46. The van der Waals surface area contributed by atoms with E-state index in [9.17, 15) is 0 Å². The van der Waals surface area contributed by atoms with Crippen LogP contribution in [-0.4, -0.2) is 87.9 Å². The normalized spacial score (nSPS) is 26.8. The van der Waals surface area contributed by atoms with Crippen molar-refractivity contribution in [3.63, 3.8) is 0 Å². The summed E-state index contributed by atoms with van der Waals surface area (Å²) in [5.74, 6) is 2.22. The molecule has 10 heteroatoms. The van der Waals surface area contributed by atoms with Crippen molar-refractivity contribution in [2.75, 3.05) is 55.4 Å². The van der Waals surface area contributed by atoms with Crippen molar-refractivity contribution in [3.05, 3.63) is 18.3 Å². The Morgan fingerprint density at radius 3 is 2.74 bits per heavy atom. The second-order valence-electron chi connectivity index (χ2n) is 9.07. The van der Waals surface area contributed by atoms with Gasteiger partial charge < -0.3 is 25.2 Å². The fraction of sp³-hybridized carbons (Fsp3) is 0.571. The van der Waals surface area contributed by atoms with E-state index in [1.807, 2.05) is 6.07 Å². The monoisotopic (exact) mass is 423 g/mol. The van der Waals surface area contributed by atoms with Gasteiger partial charge in [-0.1, -0.05) is 0 Å². The molecule has 3 N–H and O–H groups in total. The fourth-order valence-corrected chi connectivity index (χ4v) is 5.57. The molecule has 6 rings (SSSR count). The minimum atomic E-state index is 0.261. The largest absolute Gasteiger partial charge is 0.382 e. The van der Waals surface area contributed by atoms with E-state index in [1.54, 1.807) is 10.9 Å². The van der Waals surface area contributed by atoms with Crippen molar-refractivity contribution in [1.29, 1.82) is 0 Å². The molecule has 0 spiro atoms. The van der Waals surface area contributed by atoms with Crippen LogP contribution in [0, 0.1) is 0 Å². The number of anilines is 3.